The molecule has 0 bridgehead atoms. The Kier molecular flexibility index (Phi) is 3.28. The highest BCUT2D eigenvalue weighted by molar-refractivity contribution is 6.39. The van der Waals surface area contributed by atoms with Crippen molar-refractivity contribution < 1.29 is 4.74 Å². The molecule has 94 valence electrons. The molecule has 2 nitrogen and oxygen atoms in total. The predicted octanol–water partition coefficient (Wildman–Crippen LogP) is 5.33. The number of halogens is 2. The van der Waals surface area contributed by atoms with Crippen molar-refractivity contribution in [3.63, 3.8) is 0 Å². The summed E-state index contributed by atoms with van der Waals surface area (Å²) in [5.74, 6) is 1.42. The van der Waals surface area contributed by atoms with Gasteiger partial charge in [0.15, 0.2) is 0 Å². The summed E-state index contributed by atoms with van der Waals surface area (Å²) >= 11 is 12.2. The van der Waals surface area contributed by atoms with Crippen LogP contribution in [0.1, 0.15) is 0 Å². The van der Waals surface area contributed by atoms with Crippen LogP contribution in [0.2, 0.25) is 10.0 Å². The zero-order chi connectivity index (χ0) is 13.2. The van der Waals surface area contributed by atoms with Crippen molar-refractivity contribution in [3.8, 4) is 11.5 Å². The molecule has 0 saturated carbocycles. The lowest BCUT2D eigenvalue weighted by atomic mass is 10.2. The van der Waals surface area contributed by atoms with E-state index in [1.807, 2.05) is 30.3 Å². The van der Waals surface area contributed by atoms with E-state index in [1.54, 1.807) is 24.4 Å². The molecule has 0 radical (unpaired) electrons. The van der Waals surface area contributed by atoms with Crippen molar-refractivity contribution in [3.05, 3.63) is 64.8 Å². The van der Waals surface area contributed by atoms with Gasteiger partial charge >= 0.3 is 0 Å². The second-order valence-corrected chi connectivity index (χ2v) is 4.85. The molecule has 0 atom stereocenters. The normalized spacial score (nSPS) is 10.6. The lowest BCUT2D eigenvalue weighted by molar-refractivity contribution is 0.488. The number of hydrogen-bond acceptors (Lipinski definition) is 2. The van der Waals surface area contributed by atoms with E-state index < -0.39 is 0 Å². The van der Waals surface area contributed by atoms with Crippen molar-refractivity contribution in [2.24, 2.45) is 0 Å². The average molecular weight is 290 g/mol. The summed E-state index contributed by atoms with van der Waals surface area (Å²) in [5, 5.41) is 1.85. The number of hydrogen-bond donors (Lipinski definition) is 0. The number of para-hydroxylation sites is 1. The van der Waals surface area contributed by atoms with Crippen LogP contribution in [0.25, 0.3) is 10.9 Å². The maximum Gasteiger partial charge on any atom is 0.139 e. The molecule has 2 aromatic carbocycles. The van der Waals surface area contributed by atoms with Gasteiger partial charge in [-0.15, -0.1) is 0 Å². The summed E-state index contributed by atoms with van der Waals surface area (Å²) < 4.78 is 5.84. The predicted molar refractivity (Wildman–Crippen MR) is 78.3 cm³/mol. The molecule has 0 fully saturated rings. The standard InChI is InChI=1S/C15H9Cl2NO/c16-10-8-12(17)15-13(9-10)18-7-6-14(15)19-11-4-2-1-3-5-11/h1-9H. The fourth-order valence-electron chi connectivity index (χ4n) is 1.87. The number of nitrogens with zero attached hydrogens (tertiary/aromatic N) is 1. The van der Waals surface area contributed by atoms with Crippen molar-refractivity contribution in [2.45, 2.75) is 0 Å². The minimum atomic E-state index is 0.529. The fourth-order valence-corrected chi connectivity index (χ4v) is 2.45. The van der Waals surface area contributed by atoms with E-state index in [9.17, 15) is 0 Å². The molecule has 0 aliphatic carbocycles. The Labute approximate surface area is 120 Å². The molecule has 0 saturated heterocycles. The van der Waals surface area contributed by atoms with Gasteiger partial charge in [0, 0.05) is 11.2 Å². The molecule has 0 amide bonds. The van der Waals surface area contributed by atoms with Gasteiger partial charge in [-0.05, 0) is 30.3 Å². The molecular weight excluding hydrogens is 281 g/mol. The first-order chi connectivity index (χ1) is 9.24. The van der Waals surface area contributed by atoms with E-state index in [0.717, 1.165) is 11.1 Å². The van der Waals surface area contributed by atoms with Crippen LogP contribution in [0.5, 0.6) is 11.5 Å². The van der Waals surface area contributed by atoms with Crippen molar-refractivity contribution in [2.75, 3.05) is 0 Å². The van der Waals surface area contributed by atoms with Gasteiger partial charge < -0.3 is 4.74 Å². The molecule has 3 rings (SSSR count). The Balaban J connectivity index is 2.14. The number of pyridine rings is 1. The summed E-state index contributed by atoms with van der Waals surface area (Å²) in [6.07, 6.45) is 1.67. The minimum absolute atomic E-state index is 0.529. The third-order valence-electron chi connectivity index (χ3n) is 2.69. The lowest BCUT2D eigenvalue weighted by Gasteiger charge is -2.09. The summed E-state index contributed by atoms with van der Waals surface area (Å²) in [4.78, 5) is 4.26. The molecular formula is C15H9Cl2NO. The van der Waals surface area contributed by atoms with Crippen LogP contribution in [0.3, 0.4) is 0 Å². The molecule has 0 aliphatic rings. The zero-order valence-corrected chi connectivity index (χ0v) is 11.3. The van der Waals surface area contributed by atoms with Crippen molar-refractivity contribution >= 4 is 34.1 Å². The van der Waals surface area contributed by atoms with Crippen LogP contribution in [-0.4, -0.2) is 4.98 Å². The van der Waals surface area contributed by atoms with Gasteiger partial charge in [0.2, 0.25) is 0 Å². The maximum atomic E-state index is 6.23. The number of fused-ring (bicyclic) bond motifs is 1. The molecule has 19 heavy (non-hydrogen) atoms. The Bertz CT molecular complexity index is 729. The van der Waals surface area contributed by atoms with Crippen LogP contribution in [-0.2, 0) is 0 Å². The van der Waals surface area contributed by atoms with Crippen molar-refractivity contribution in [1.82, 2.24) is 4.98 Å². The van der Waals surface area contributed by atoms with Gasteiger partial charge in [0.1, 0.15) is 11.5 Å². The minimum Gasteiger partial charge on any atom is -0.457 e. The van der Waals surface area contributed by atoms with Gasteiger partial charge in [0.05, 0.1) is 15.9 Å². The Morgan fingerprint density at radius 1 is 0.947 bits per heavy atom. The van der Waals surface area contributed by atoms with E-state index in [2.05, 4.69) is 4.98 Å². The van der Waals surface area contributed by atoms with E-state index in [0.29, 0.717) is 21.3 Å². The number of aromatic nitrogens is 1. The summed E-state index contributed by atoms with van der Waals surface area (Å²) in [5.41, 5.74) is 0.714. The monoisotopic (exact) mass is 289 g/mol. The van der Waals surface area contributed by atoms with Gasteiger partial charge in [0.25, 0.3) is 0 Å². The highest BCUT2D eigenvalue weighted by Crippen LogP contribution is 2.35. The van der Waals surface area contributed by atoms with Crippen LogP contribution < -0.4 is 4.74 Å². The largest absolute Gasteiger partial charge is 0.457 e. The third-order valence-corrected chi connectivity index (χ3v) is 3.21. The summed E-state index contributed by atoms with van der Waals surface area (Å²) in [6, 6.07) is 14.8. The molecule has 0 spiro atoms. The van der Waals surface area contributed by atoms with Crippen LogP contribution in [0.4, 0.5) is 0 Å². The van der Waals surface area contributed by atoms with Gasteiger partial charge in [-0.1, -0.05) is 41.4 Å². The lowest BCUT2D eigenvalue weighted by Crippen LogP contribution is -1.88. The van der Waals surface area contributed by atoms with Gasteiger partial charge in [-0.25, -0.2) is 0 Å². The van der Waals surface area contributed by atoms with E-state index in [4.69, 9.17) is 27.9 Å². The van der Waals surface area contributed by atoms with Crippen LogP contribution in [0, 0.1) is 0 Å². The molecule has 0 unspecified atom stereocenters. The number of benzene rings is 2. The molecule has 0 aliphatic heterocycles. The molecule has 1 heterocycles. The molecule has 3 aromatic rings. The highest BCUT2D eigenvalue weighted by atomic mass is 35.5. The number of ether oxygens (including phenoxy) is 1. The average Bonchev–Trinajstić information content (AvgIpc) is 2.39. The summed E-state index contributed by atoms with van der Waals surface area (Å²) in [7, 11) is 0. The molecule has 1 aromatic heterocycles. The highest BCUT2D eigenvalue weighted by Gasteiger charge is 2.09. The Morgan fingerprint density at radius 2 is 1.74 bits per heavy atom. The first-order valence-corrected chi connectivity index (χ1v) is 6.46. The first-order valence-electron chi connectivity index (χ1n) is 5.71. The smallest absolute Gasteiger partial charge is 0.139 e. The van der Waals surface area contributed by atoms with Gasteiger partial charge in [-0.2, -0.15) is 0 Å². The Morgan fingerprint density at radius 3 is 2.53 bits per heavy atom. The topological polar surface area (TPSA) is 22.1 Å². The van der Waals surface area contributed by atoms with E-state index in [1.165, 1.54) is 0 Å². The Hall–Kier alpha value is -1.77. The zero-order valence-electron chi connectivity index (χ0n) is 9.81. The first kappa shape index (κ1) is 12.3. The molecule has 4 heteroatoms. The SMILES string of the molecule is Clc1cc(Cl)c2c(Oc3ccccc3)ccnc2c1. The summed E-state index contributed by atoms with van der Waals surface area (Å²) in [6.45, 7) is 0. The second-order valence-electron chi connectivity index (χ2n) is 4.01. The molecule has 0 N–H and O–H groups in total. The van der Waals surface area contributed by atoms with Gasteiger partial charge in [-0.3, -0.25) is 4.98 Å². The van der Waals surface area contributed by atoms with E-state index >= 15 is 0 Å². The van der Waals surface area contributed by atoms with E-state index in [-0.39, 0.29) is 0 Å². The van der Waals surface area contributed by atoms with Crippen molar-refractivity contribution in [1.29, 1.82) is 0 Å². The maximum absolute atomic E-state index is 6.23. The second kappa shape index (κ2) is 5.08. The van der Waals surface area contributed by atoms with Crippen LogP contribution >= 0.6 is 23.2 Å². The fraction of sp³-hybridized carbons (Fsp3) is 0. The van der Waals surface area contributed by atoms with Crippen LogP contribution in [0.15, 0.2) is 54.7 Å². The number of rotatable bonds is 2. The quantitative estimate of drug-likeness (QED) is 0.636. The third kappa shape index (κ3) is 2.50.